The number of hydrogen-bond acceptors (Lipinski definition) is 3. The molecule has 0 unspecified atom stereocenters. The molecule has 4 nitrogen and oxygen atoms in total. The summed E-state index contributed by atoms with van der Waals surface area (Å²) in [6, 6.07) is 5.30. The summed E-state index contributed by atoms with van der Waals surface area (Å²) in [5.41, 5.74) is 0.594. The zero-order valence-corrected chi connectivity index (χ0v) is 14.3. The number of allylic oxidation sites excluding steroid dienone is 2. The lowest BCUT2D eigenvalue weighted by atomic mass is 9.98. The molecule has 3 rings (SSSR count). The number of amides is 1. The first-order valence-electron chi connectivity index (χ1n) is 7.88. The Bertz CT molecular complexity index is 627. The lowest BCUT2D eigenvalue weighted by Gasteiger charge is -2.24. The molecule has 0 saturated heterocycles. The highest BCUT2D eigenvalue weighted by molar-refractivity contribution is 6.39. The van der Waals surface area contributed by atoms with Gasteiger partial charge in [0.2, 0.25) is 11.9 Å². The van der Waals surface area contributed by atoms with Gasteiger partial charge >= 0.3 is 0 Å². The van der Waals surface area contributed by atoms with Crippen LogP contribution < -0.4 is 5.32 Å². The summed E-state index contributed by atoms with van der Waals surface area (Å²) in [6.07, 6.45) is 8.03. The molecule has 0 aromatic heterocycles. The van der Waals surface area contributed by atoms with Crippen LogP contribution in [0.15, 0.2) is 35.3 Å². The van der Waals surface area contributed by atoms with Gasteiger partial charge in [-0.05, 0) is 37.8 Å². The Morgan fingerprint density at radius 2 is 1.83 bits per heavy atom. The van der Waals surface area contributed by atoms with Crippen LogP contribution in [0.25, 0.3) is 0 Å². The van der Waals surface area contributed by atoms with Crippen molar-refractivity contribution < 1.29 is 4.79 Å². The third-order valence-corrected chi connectivity index (χ3v) is 4.82. The predicted molar refractivity (Wildman–Crippen MR) is 95.2 cm³/mol. The number of halogens is 2. The molecule has 0 atom stereocenters. The van der Waals surface area contributed by atoms with E-state index in [4.69, 9.17) is 23.2 Å². The molecule has 122 valence electrons. The number of benzene rings is 1. The van der Waals surface area contributed by atoms with Crippen LogP contribution in [0.4, 0.5) is 5.69 Å². The van der Waals surface area contributed by atoms with Crippen molar-refractivity contribution in [2.45, 2.75) is 25.7 Å². The normalized spacial score (nSPS) is 18.7. The molecule has 1 aliphatic heterocycles. The van der Waals surface area contributed by atoms with E-state index in [2.05, 4.69) is 22.5 Å². The first-order chi connectivity index (χ1) is 11.2. The van der Waals surface area contributed by atoms with Gasteiger partial charge in [-0.1, -0.05) is 41.4 Å². The minimum atomic E-state index is 0.0526. The smallest absolute Gasteiger partial charge is 0.232 e. The van der Waals surface area contributed by atoms with Crippen LogP contribution in [0.5, 0.6) is 0 Å². The van der Waals surface area contributed by atoms with E-state index in [-0.39, 0.29) is 11.8 Å². The summed E-state index contributed by atoms with van der Waals surface area (Å²) in [7, 11) is 0. The molecule has 6 heteroatoms. The van der Waals surface area contributed by atoms with Crippen molar-refractivity contribution in [2.75, 3.05) is 18.4 Å². The van der Waals surface area contributed by atoms with Gasteiger partial charge in [-0.2, -0.15) is 0 Å². The Labute approximate surface area is 146 Å². The van der Waals surface area contributed by atoms with E-state index in [1.54, 1.807) is 23.1 Å². The van der Waals surface area contributed by atoms with Crippen molar-refractivity contribution >= 4 is 40.8 Å². The lowest BCUT2D eigenvalue weighted by molar-refractivity contribution is -0.131. The molecule has 1 heterocycles. The zero-order chi connectivity index (χ0) is 16.2. The van der Waals surface area contributed by atoms with Gasteiger partial charge in [0.1, 0.15) is 0 Å². The number of aliphatic imine (C=N–C) groups is 1. The van der Waals surface area contributed by atoms with Gasteiger partial charge in [-0.15, -0.1) is 0 Å². The number of guanidine groups is 1. The third kappa shape index (κ3) is 3.70. The van der Waals surface area contributed by atoms with Gasteiger partial charge in [0.15, 0.2) is 0 Å². The first-order valence-corrected chi connectivity index (χ1v) is 8.64. The van der Waals surface area contributed by atoms with Crippen LogP contribution in [0.1, 0.15) is 25.7 Å². The standard InChI is InChI=1S/C17H19Cl2N3O/c18-13-8-5-9-14(19)15(13)21-17-20-10-11-22(17)16(23)12-6-3-1-2-4-7-12/h1-2,5,8-9,12H,3-4,6-7,10-11H2,(H,20,21). The van der Waals surface area contributed by atoms with Crippen molar-refractivity contribution in [3.05, 3.63) is 40.4 Å². The molecule has 2 aliphatic rings. The van der Waals surface area contributed by atoms with Crippen LogP contribution in [-0.2, 0) is 4.79 Å². The van der Waals surface area contributed by atoms with Crippen molar-refractivity contribution in [3.63, 3.8) is 0 Å². The maximum atomic E-state index is 12.8. The molecule has 1 amide bonds. The van der Waals surface area contributed by atoms with Gasteiger partial charge in [-0.25, -0.2) is 0 Å². The fraction of sp³-hybridized carbons (Fsp3) is 0.412. The molecular formula is C17H19Cl2N3O. The van der Waals surface area contributed by atoms with Crippen LogP contribution >= 0.6 is 23.2 Å². The highest BCUT2D eigenvalue weighted by atomic mass is 35.5. The molecule has 0 fully saturated rings. The molecule has 23 heavy (non-hydrogen) atoms. The van der Waals surface area contributed by atoms with Gasteiger partial charge in [0.05, 0.1) is 22.3 Å². The van der Waals surface area contributed by atoms with Crippen LogP contribution in [0, 0.1) is 5.92 Å². The molecule has 0 spiro atoms. The average Bonchev–Trinajstić information content (AvgIpc) is 2.82. The quantitative estimate of drug-likeness (QED) is 0.805. The number of para-hydroxylation sites is 1. The van der Waals surface area contributed by atoms with Crippen molar-refractivity contribution in [1.82, 2.24) is 4.90 Å². The van der Waals surface area contributed by atoms with E-state index in [9.17, 15) is 4.79 Å². The first kappa shape index (κ1) is 16.3. The minimum absolute atomic E-state index is 0.0526. The Kier molecular flexibility index (Phi) is 5.23. The topological polar surface area (TPSA) is 44.7 Å². The van der Waals surface area contributed by atoms with Gasteiger partial charge in [-0.3, -0.25) is 14.7 Å². The fourth-order valence-corrected chi connectivity index (χ4v) is 3.43. The lowest BCUT2D eigenvalue weighted by Crippen LogP contribution is -2.42. The molecule has 0 radical (unpaired) electrons. The number of anilines is 1. The molecule has 1 aliphatic carbocycles. The number of rotatable bonds is 2. The summed E-state index contributed by atoms with van der Waals surface area (Å²) in [4.78, 5) is 19.0. The largest absolute Gasteiger partial charge is 0.323 e. The van der Waals surface area contributed by atoms with Gasteiger partial charge in [0.25, 0.3) is 0 Å². The second-order valence-electron chi connectivity index (χ2n) is 5.74. The van der Waals surface area contributed by atoms with E-state index in [0.717, 1.165) is 25.7 Å². The third-order valence-electron chi connectivity index (χ3n) is 4.19. The van der Waals surface area contributed by atoms with Crippen LogP contribution in [0.3, 0.4) is 0 Å². The summed E-state index contributed by atoms with van der Waals surface area (Å²) in [6.45, 7) is 1.20. The SMILES string of the molecule is O=C(C1CCC=CCC1)N1CCN=C1Nc1c(Cl)cccc1Cl. The number of carbonyl (C=O) groups excluding carboxylic acids is 1. The Morgan fingerprint density at radius 3 is 2.48 bits per heavy atom. The van der Waals surface area contributed by atoms with Crippen LogP contribution in [0.2, 0.25) is 10.0 Å². The van der Waals surface area contributed by atoms with E-state index >= 15 is 0 Å². The van der Waals surface area contributed by atoms with E-state index in [1.165, 1.54) is 0 Å². The predicted octanol–water partition coefficient (Wildman–Crippen LogP) is 4.35. The maximum absolute atomic E-state index is 12.8. The zero-order valence-electron chi connectivity index (χ0n) is 12.8. The number of nitrogens with zero attached hydrogens (tertiary/aromatic N) is 2. The number of carbonyl (C=O) groups is 1. The fourth-order valence-electron chi connectivity index (χ4n) is 2.94. The molecule has 0 bridgehead atoms. The highest BCUT2D eigenvalue weighted by Gasteiger charge is 2.30. The molecular weight excluding hydrogens is 333 g/mol. The van der Waals surface area contributed by atoms with Crippen molar-refractivity contribution in [2.24, 2.45) is 10.9 Å². The Hall–Kier alpha value is -1.52. The summed E-state index contributed by atoms with van der Waals surface area (Å²) < 4.78 is 0. The monoisotopic (exact) mass is 351 g/mol. The number of nitrogens with one attached hydrogen (secondary N) is 1. The van der Waals surface area contributed by atoms with Crippen molar-refractivity contribution in [1.29, 1.82) is 0 Å². The van der Waals surface area contributed by atoms with E-state index in [0.29, 0.717) is 34.8 Å². The minimum Gasteiger partial charge on any atom is -0.323 e. The average molecular weight is 352 g/mol. The van der Waals surface area contributed by atoms with Crippen molar-refractivity contribution in [3.8, 4) is 0 Å². The molecule has 1 N–H and O–H groups in total. The number of hydrogen-bond donors (Lipinski definition) is 1. The summed E-state index contributed by atoms with van der Waals surface area (Å²) >= 11 is 12.4. The Morgan fingerprint density at radius 1 is 1.17 bits per heavy atom. The molecule has 0 saturated carbocycles. The highest BCUT2D eigenvalue weighted by Crippen LogP contribution is 2.31. The molecule has 1 aromatic carbocycles. The van der Waals surface area contributed by atoms with Gasteiger partial charge in [0, 0.05) is 12.5 Å². The molecule has 1 aromatic rings. The summed E-state index contributed by atoms with van der Waals surface area (Å²) in [5.74, 6) is 0.736. The Balaban J connectivity index is 1.74. The second kappa shape index (κ2) is 7.37. The summed E-state index contributed by atoms with van der Waals surface area (Å²) in [5, 5.41) is 4.16. The second-order valence-corrected chi connectivity index (χ2v) is 6.55. The maximum Gasteiger partial charge on any atom is 0.232 e. The van der Waals surface area contributed by atoms with Gasteiger partial charge < -0.3 is 5.32 Å². The van der Waals surface area contributed by atoms with E-state index < -0.39 is 0 Å². The van der Waals surface area contributed by atoms with E-state index in [1.807, 2.05) is 0 Å². The van der Waals surface area contributed by atoms with Crippen LogP contribution in [-0.4, -0.2) is 29.9 Å².